The lowest BCUT2D eigenvalue weighted by Gasteiger charge is -1.96. The van der Waals surface area contributed by atoms with Crippen LogP contribution < -0.4 is 0 Å². The molecule has 0 amide bonds. The van der Waals surface area contributed by atoms with Gasteiger partial charge in [-0.05, 0) is 30.2 Å². The van der Waals surface area contributed by atoms with Crippen LogP contribution in [-0.4, -0.2) is 0 Å². The van der Waals surface area contributed by atoms with Gasteiger partial charge in [-0.15, -0.1) is 24.0 Å². The van der Waals surface area contributed by atoms with Crippen LogP contribution in [-0.2, 0) is 6.42 Å². The zero-order valence-corrected chi connectivity index (χ0v) is 8.43. The van der Waals surface area contributed by atoms with Crippen LogP contribution >= 0.6 is 24.0 Å². The van der Waals surface area contributed by atoms with Crippen molar-refractivity contribution >= 4 is 24.0 Å². The van der Waals surface area contributed by atoms with Gasteiger partial charge in [0.2, 0.25) is 0 Å². The Hall–Kier alpha value is -0.190. The number of benzene rings is 1. The molecular weight excluding hydrogens is 261 g/mol. The molecule has 1 aromatic rings. The fourth-order valence-electron chi connectivity index (χ4n) is 0.814. The van der Waals surface area contributed by atoms with Crippen molar-refractivity contribution in [2.24, 2.45) is 0 Å². The fraction of sp³-hybridized carbons (Fsp3) is 0.250. The molecule has 0 aliphatic heterocycles. The van der Waals surface area contributed by atoms with Crippen molar-refractivity contribution in [1.82, 2.24) is 0 Å². The van der Waals surface area contributed by atoms with Gasteiger partial charge in [0.05, 0.1) is 0 Å². The van der Waals surface area contributed by atoms with Crippen LogP contribution in [0, 0.1) is 11.6 Å². The first-order valence-corrected chi connectivity index (χ1v) is 3.18. The Morgan fingerprint density at radius 3 is 2.36 bits per heavy atom. The summed E-state index contributed by atoms with van der Waals surface area (Å²) in [4.78, 5) is 0. The van der Waals surface area contributed by atoms with Gasteiger partial charge in [0, 0.05) is 0 Å². The van der Waals surface area contributed by atoms with Crippen molar-refractivity contribution in [2.75, 3.05) is 0 Å². The average Bonchev–Trinajstić information content (AvgIpc) is 1.94. The highest BCUT2D eigenvalue weighted by atomic mass is 127. The lowest BCUT2D eigenvalue weighted by molar-refractivity contribution is 0.587. The number of aryl methyl sites for hydroxylation is 1. The lowest BCUT2D eigenvalue weighted by Crippen LogP contribution is -1.87. The normalized spacial score (nSPS) is 9.00. The Balaban J connectivity index is 0.000001000. The Kier molecular flexibility index (Phi) is 4.56. The first kappa shape index (κ1) is 10.8. The summed E-state index contributed by atoms with van der Waals surface area (Å²) in [6.45, 7) is 1.79. The first-order valence-electron chi connectivity index (χ1n) is 3.18. The Bertz CT molecular complexity index is 236. The van der Waals surface area contributed by atoms with E-state index in [1.54, 1.807) is 6.92 Å². The molecular formula is C8H9F2I. The van der Waals surface area contributed by atoms with Gasteiger partial charge in [0.15, 0.2) is 0 Å². The minimum Gasteiger partial charge on any atom is -0.207 e. The minimum atomic E-state index is -0.377. The maximum atomic E-state index is 12.6. The van der Waals surface area contributed by atoms with E-state index < -0.39 is 0 Å². The summed E-state index contributed by atoms with van der Waals surface area (Å²) in [6.07, 6.45) is 0.531. The van der Waals surface area contributed by atoms with Gasteiger partial charge in [0.1, 0.15) is 11.6 Å². The molecule has 0 unspecified atom stereocenters. The third-order valence-corrected chi connectivity index (χ3v) is 1.39. The van der Waals surface area contributed by atoms with E-state index in [4.69, 9.17) is 0 Å². The molecule has 62 valence electrons. The van der Waals surface area contributed by atoms with Crippen LogP contribution in [0.1, 0.15) is 12.5 Å². The highest BCUT2D eigenvalue weighted by Gasteiger charge is 1.99. The topological polar surface area (TPSA) is 0 Å². The van der Waals surface area contributed by atoms with Crippen molar-refractivity contribution in [3.8, 4) is 0 Å². The Morgan fingerprint density at radius 2 is 1.91 bits per heavy atom. The molecule has 0 aliphatic rings. The van der Waals surface area contributed by atoms with E-state index in [9.17, 15) is 8.78 Å². The maximum absolute atomic E-state index is 12.6. The lowest BCUT2D eigenvalue weighted by atomic mass is 10.1. The SMILES string of the molecule is CCc1cc(F)ccc1F.I. The van der Waals surface area contributed by atoms with Gasteiger partial charge in [-0.2, -0.15) is 0 Å². The quantitative estimate of drug-likeness (QED) is 0.688. The number of halogens is 3. The predicted octanol–water partition coefficient (Wildman–Crippen LogP) is 3.15. The van der Waals surface area contributed by atoms with Gasteiger partial charge >= 0.3 is 0 Å². The van der Waals surface area contributed by atoms with E-state index >= 15 is 0 Å². The Labute approximate surface area is 81.6 Å². The predicted molar refractivity (Wildman–Crippen MR) is 51.2 cm³/mol. The molecule has 0 aromatic heterocycles. The van der Waals surface area contributed by atoms with E-state index in [0.29, 0.717) is 12.0 Å². The van der Waals surface area contributed by atoms with Gasteiger partial charge in [0.25, 0.3) is 0 Å². The number of hydrogen-bond donors (Lipinski definition) is 0. The van der Waals surface area contributed by atoms with E-state index in [-0.39, 0.29) is 35.6 Å². The maximum Gasteiger partial charge on any atom is 0.126 e. The molecule has 0 N–H and O–H groups in total. The highest BCUT2D eigenvalue weighted by molar-refractivity contribution is 14.0. The van der Waals surface area contributed by atoms with Crippen LogP contribution in [0.15, 0.2) is 18.2 Å². The van der Waals surface area contributed by atoms with Crippen LogP contribution in [0.5, 0.6) is 0 Å². The van der Waals surface area contributed by atoms with Crippen LogP contribution in [0.25, 0.3) is 0 Å². The van der Waals surface area contributed by atoms with Crippen molar-refractivity contribution in [1.29, 1.82) is 0 Å². The fourth-order valence-corrected chi connectivity index (χ4v) is 0.814. The number of hydrogen-bond acceptors (Lipinski definition) is 0. The van der Waals surface area contributed by atoms with Crippen molar-refractivity contribution in [3.63, 3.8) is 0 Å². The molecule has 0 heterocycles. The van der Waals surface area contributed by atoms with E-state index in [2.05, 4.69) is 0 Å². The molecule has 11 heavy (non-hydrogen) atoms. The standard InChI is InChI=1S/C8H8F2.HI/c1-2-6-5-7(9)3-4-8(6)10;/h3-5H,2H2,1H3;1H. The molecule has 0 radical (unpaired) electrons. The Morgan fingerprint density at radius 1 is 1.27 bits per heavy atom. The minimum absolute atomic E-state index is 0. The van der Waals surface area contributed by atoms with Gasteiger partial charge < -0.3 is 0 Å². The van der Waals surface area contributed by atoms with Gasteiger partial charge in [-0.3, -0.25) is 0 Å². The molecule has 1 aromatic carbocycles. The molecule has 0 nitrogen and oxygen atoms in total. The molecule has 0 fully saturated rings. The molecule has 0 bridgehead atoms. The summed E-state index contributed by atoms with van der Waals surface area (Å²) < 4.78 is 25.0. The second-order valence-electron chi connectivity index (χ2n) is 2.09. The van der Waals surface area contributed by atoms with Gasteiger partial charge in [-0.1, -0.05) is 6.92 Å². The van der Waals surface area contributed by atoms with Crippen molar-refractivity contribution in [3.05, 3.63) is 35.4 Å². The summed E-state index contributed by atoms with van der Waals surface area (Å²) in [5, 5.41) is 0. The van der Waals surface area contributed by atoms with Crippen LogP contribution in [0.3, 0.4) is 0 Å². The van der Waals surface area contributed by atoms with Gasteiger partial charge in [-0.25, -0.2) is 8.78 Å². The molecule has 0 atom stereocenters. The highest BCUT2D eigenvalue weighted by Crippen LogP contribution is 2.09. The van der Waals surface area contributed by atoms with E-state index in [0.717, 1.165) is 12.1 Å². The van der Waals surface area contributed by atoms with Crippen LogP contribution in [0.4, 0.5) is 8.78 Å². The summed E-state index contributed by atoms with van der Waals surface area (Å²) >= 11 is 0. The molecule has 0 saturated carbocycles. The summed E-state index contributed by atoms with van der Waals surface area (Å²) in [5.41, 5.74) is 0.431. The molecule has 1 rings (SSSR count). The molecule has 0 spiro atoms. The smallest absolute Gasteiger partial charge is 0.126 e. The second kappa shape index (κ2) is 4.64. The van der Waals surface area contributed by atoms with E-state index in [1.165, 1.54) is 6.07 Å². The third kappa shape index (κ3) is 2.73. The summed E-state index contributed by atoms with van der Waals surface area (Å²) in [7, 11) is 0. The summed E-state index contributed by atoms with van der Waals surface area (Å²) in [6, 6.07) is 3.48. The third-order valence-electron chi connectivity index (χ3n) is 1.39. The van der Waals surface area contributed by atoms with E-state index in [1.807, 2.05) is 0 Å². The zero-order chi connectivity index (χ0) is 7.56. The monoisotopic (exact) mass is 270 g/mol. The first-order chi connectivity index (χ1) is 4.74. The largest absolute Gasteiger partial charge is 0.207 e. The van der Waals surface area contributed by atoms with Crippen molar-refractivity contribution in [2.45, 2.75) is 13.3 Å². The summed E-state index contributed by atoms with van der Waals surface area (Å²) in [5.74, 6) is -0.706. The molecule has 0 saturated heterocycles. The van der Waals surface area contributed by atoms with Crippen molar-refractivity contribution < 1.29 is 8.78 Å². The van der Waals surface area contributed by atoms with Crippen LogP contribution in [0.2, 0.25) is 0 Å². The average molecular weight is 270 g/mol. The number of rotatable bonds is 1. The molecule has 0 aliphatic carbocycles. The zero-order valence-electron chi connectivity index (χ0n) is 6.10. The second-order valence-corrected chi connectivity index (χ2v) is 2.09. The molecule has 3 heteroatoms.